The van der Waals surface area contributed by atoms with Crippen LogP contribution in [0.4, 0.5) is 0 Å². The molecule has 0 bridgehead atoms. The third-order valence-electron chi connectivity index (χ3n) is 4.20. The van der Waals surface area contributed by atoms with E-state index in [1.165, 1.54) is 6.07 Å². The second-order valence-corrected chi connectivity index (χ2v) is 6.59. The summed E-state index contributed by atoms with van der Waals surface area (Å²) in [6, 6.07) is 2.59. The molecule has 0 saturated heterocycles. The van der Waals surface area contributed by atoms with E-state index in [9.17, 15) is 15.0 Å². The summed E-state index contributed by atoms with van der Waals surface area (Å²) in [5.41, 5.74) is 1.24. The Hall–Kier alpha value is -2.76. The zero-order valence-electron chi connectivity index (χ0n) is 15.7. The van der Waals surface area contributed by atoms with Crippen molar-refractivity contribution < 1.29 is 24.6 Å². The molecule has 1 unspecified atom stereocenters. The highest BCUT2D eigenvalue weighted by atomic mass is 16.6. The summed E-state index contributed by atoms with van der Waals surface area (Å²) in [6.45, 7) is 5.68. The summed E-state index contributed by atoms with van der Waals surface area (Å²) in [5, 5.41) is 24.3. The van der Waals surface area contributed by atoms with Crippen molar-refractivity contribution >= 4 is 11.7 Å². The van der Waals surface area contributed by atoms with Gasteiger partial charge in [0, 0.05) is 18.9 Å². The van der Waals surface area contributed by atoms with Crippen molar-refractivity contribution in [2.45, 2.75) is 51.6 Å². The Morgan fingerprint density at radius 3 is 2.93 bits per heavy atom. The van der Waals surface area contributed by atoms with Gasteiger partial charge in [-0.15, -0.1) is 0 Å². The van der Waals surface area contributed by atoms with Crippen LogP contribution in [0.5, 0.6) is 11.5 Å². The Labute approximate surface area is 159 Å². The molecule has 0 aliphatic carbocycles. The van der Waals surface area contributed by atoms with Gasteiger partial charge < -0.3 is 19.8 Å². The summed E-state index contributed by atoms with van der Waals surface area (Å²) in [4.78, 5) is 17.8. The van der Waals surface area contributed by atoms with Gasteiger partial charge in [-0.3, -0.25) is 0 Å². The minimum atomic E-state index is -0.619. The molecule has 6 nitrogen and oxygen atoms in total. The van der Waals surface area contributed by atoms with Crippen LogP contribution >= 0.6 is 0 Å². The molecule has 2 rings (SSSR count). The lowest BCUT2D eigenvalue weighted by Gasteiger charge is -2.16. The van der Waals surface area contributed by atoms with Crippen LogP contribution in [-0.4, -0.2) is 34.6 Å². The van der Waals surface area contributed by atoms with Crippen molar-refractivity contribution in [3.8, 4) is 11.5 Å². The molecule has 1 aliphatic rings. The van der Waals surface area contributed by atoms with Crippen molar-refractivity contribution in [3.63, 3.8) is 0 Å². The number of aromatic hydroxyl groups is 2. The molecule has 1 aromatic carbocycles. The van der Waals surface area contributed by atoms with Crippen molar-refractivity contribution in [2.24, 2.45) is 5.16 Å². The lowest BCUT2D eigenvalue weighted by atomic mass is 9.97. The van der Waals surface area contributed by atoms with Gasteiger partial charge in [0.25, 0.3) is 0 Å². The van der Waals surface area contributed by atoms with Gasteiger partial charge in [0.05, 0.1) is 5.71 Å². The quantitative estimate of drug-likeness (QED) is 0.358. The number of fused-ring (bicyclic) bond motifs is 1. The lowest BCUT2D eigenvalue weighted by molar-refractivity contribution is 0.0343. The Balaban J connectivity index is 2.38. The molecule has 0 aromatic heterocycles. The van der Waals surface area contributed by atoms with Crippen LogP contribution in [-0.2, 0) is 16.0 Å². The molecule has 1 aromatic rings. The third kappa shape index (κ3) is 6.47. The second-order valence-electron chi connectivity index (χ2n) is 6.59. The summed E-state index contributed by atoms with van der Waals surface area (Å²) in [6.07, 6.45) is 9.81. The predicted octanol–water partition coefficient (Wildman–Crippen LogP) is 4.26. The first-order valence-electron chi connectivity index (χ1n) is 9.20. The summed E-state index contributed by atoms with van der Waals surface area (Å²) < 4.78 is 5.46. The van der Waals surface area contributed by atoms with E-state index in [1.807, 2.05) is 6.08 Å². The fourth-order valence-electron chi connectivity index (χ4n) is 2.90. The number of ether oxygens (including phenoxy) is 1. The van der Waals surface area contributed by atoms with Gasteiger partial charge >= 0.3 is 5.97 Å². The normalized spacial score (nSPS) is 21.6. The van der Waals surface area contributed by atoms with Gasteiger partial charge in [0.15, 0.2) is 0 Å². The fraction of sp³-hybridized carbons (Fsp3) is 0.429. The zero-order valence-corrected chi connectivity index (χ0v) is 15.7. The van der Waals surface area contributed by atoms with E-state index in [4.69, 9.17) is 9.57 Å². The topological polar surface area (TPSA) is 88.4 Å². The first-order chi connectivity index (χ1) is 13.0. The number of oxime groups is 1. The molecule has 6 heteroatoms. The molecule has 0 fully saturated rings. The van der Waals surface area contributed by atoms with Crippen LogP contribution in [0.2, 0.25) is 0 Å². The Bertz CT molecular complexity index is 724. The largest absolute Gasteiger partial charge is 0.508 e. The van der Waals surface area contributed by atoms with E-state index < -0.39 is 5.97 Å². The number of phenolic OH excluding ortho intramolecular Hbond substituents is 2. The molecule has 1 atom stereocenters. The van der Waals surface area contributed by atoms with Crippen LogP contribution in [0.25, 0.3) is 0 Å². The third-order valence-corrected chi connectivity index (χ3v) is 4.20. The molecule has 0 spiro atoms. The molecule has 1 aliphatic heterocycles. The van der Waals surface area contributed by atoms with Crippen LogP contribution < -0.4 is 0 Å². The van der Waals surface area contributed by atoms with Crippen molar-refractivity contribution in [1.29, 1.82) is 0 Å². The Morgan fingerprint density at radius 1 is 1.33 bits per heavy atom. The molecule has 0 radical (unpaired) electrons. The molecule has 0 amide bonds. The number of phenols is 2. The maximum absolute atomic E-state index is 12.6. The molecular formula is C21H27NO5. The first-order valence-corrected chi connectivity index (χ1v) is 9.20. The monoisotopic (exact) mass is 373 g/mol. The molecule has 2 N–H and O–H groups in total. The fourth-order valence-corrected chi connectivity index (χ4v) is 2.90. The van der Waals surface area contributed by atoms with E-state index in [-0.39, 0.29) is 36.2 Å². The van der Waals surface area contributed by atoms with Crippen LogP contribution in [0.15, 0.2) is 42.1 Å². The highest BCUT2D eigenvalue weighted by Gasteiger charge is 2.22. The number of allylic oxidation sites excluding steroid dienone is 1. The molecule has 146 valence electrons. The number of carbonyl (C=O) groups is 1. The summed E-state index contributed by atoms with van der Waals surface area (Å²) in [7, 11) is 0. The lowest BCUT2D eigenvalue weighted by Crippen LogP contribution is -2.17. The standard InChI is InChI=1S/C21H27NO5/c1-3-11-26-22-17-10-8-6-4-5-7-9-15(2)27-21(25)20-16(12-17)13-18(23)14-19(20)24/h3,5,7,13-15,23-24H,1,4,6,8-12H2,2H3/b7-5+,22-17?. The molecule has 1 heterocycles. The maximum atomic E-state index is 12.6. The van der Waals surface area contributed by atoms with E-state index in [2.05, 4.69) is 17.8 Å². The average molecular weight is 373 g/mol. The van der Waals surface area contributed by atoms with E-state index in [0.717, 1.165) is 31.0 Å². The van der Waals surface area contributed by atoms with E-state index in [0.29, 0.717) is 18.4 Å². The van der Waals surface area contributed by atoms with Crippen LogP contribution in [0, 0.1) is 0 Å². The number of hydrogen-bond donors (Lipinski definition) is 2. The summed E-state index contributed by atoms with van der Waals surface area (Å²) in [5.74, 6) is -1.05. The van der Waals surface area contributed by atoms with Crippen molar-refractivity contribution in [2.75, 3.05) is 6.61 Å². The van der Waals surface area contributed by atoms with E-state index in [1.54, 1.807) is 13.0 Å². The highest BCUT2D eigenvalue weighted by Crippen LogP contribution is 2.29. The van der Waals surface area contributed by atoms with Crippen molar-refractivity contribution in [1.82, 2.24) is 0 Å². The molecule has 0 saturated carbocycles. The highest BCUT2D eigenvalue weighted by molar-refractivity contribution is 5.97. The number of hydrogen-bond acceptors (Lipinski definition) is 6. The zero-order chi connectivity index (χ0) is 19.6. The van der Waals surface area contributed by atoms with Gasteiger partial charge in [-0.2, -0.15) is 0 Å². The number of nitrogens with zero attached hydrogens (tertiary/aromatic N) is 1. The second kappa shape index (κ2) is 10.4. The number of esters is 1. The number of benzene rings is 1. The average Bonchev–Trinajstić information content (AvgIpc) is 2.59. The summed E-state index contributed by atoms with van der Waals surface area (Å²) >= 11 is 0. The number of carbonyl (C=O) groups excluding carboxylic acids is 1. The van der Waals surface area contributed by atoms with Gasteiger partial charge in [-0.1, -0.05) is 30.0 Å². The minimum Gasteiger partial charge on any atom is -0.508 e. The number of cyclic esters (lactones) is 1. The van der Waals surface area contributed by atoms with Gasteiger partial charge in [-0.05, 0) is 44.2 Å². The molecular weight excluding hydrogens is 346 g/mol. The minimum absolute atomic E-state index is 0.0529. The SMILES string of the molecule is C=CCON=C1CCCC/C=C/CC(C)OC(=O)c2c(O)cc(O)cc2C1. The first kappa shape index (κ1) is 20.6. The Morgan fingerprint density at radius 2 is 2.15 bits per heavy atom. The smallest absolute Gasteiger partial charge is 0.342 e. The van der Waals surface area contributed by atoms with Crippen molar-refractivity contribution in [3.05, 3.63) is 48.1 Å². The Kier molecular flexibility index (Phi) is 7.92. The van der Waals surface area contributed by atoms with Crippen LogP contribution in [0.3, 0.4) is 0 Å². The molecule has 27 heavy (non-hydrogen) atoms. The predicted molar refractivity (Wildman–Crippen MR) is 104 cm³/mol. The number of rotatable bonds is 3. The van der Waals surface area contributed by atoms with Gasteiger partial charge in [-0.25, -0.2) is 4.79 Å². The van der Waals surface area contributed by atoms with Gasteiger partial charge in [0.2, 0.25) is 0 Å². The van der Waals surface area contributed by atoms with E-state index >= 15 is 0 Å². The van der Waals surface area contributed by atoms with Crippen LogP contribution in [0.1, 0.15) is 54.9 Å². The maximum Gasteiger partial charge on any atom is 0.342 e. The van der Waals surface area contributed by atoms with Gasteiger partial charge in [0.1, 0.15) is 29.8 Å².